The summed E-state index contributed by atoms with van der Waals surface area (Å²) in [6.07, 6.45) is 1.13. The minimum Gasteiger partial charge on any atom is -0.343 e. The summed E-state index contributed by atoms with van der Waals surface area (Å²) in [5, 5.41) is 2.47. The molecule has 0 unspecified atom stereocenters. The molecule has 0 aromatic heterocycles. The molecule has 7 heteroatoms. The van der Waals surface area contributed by atoms with Crippen LogP contribution in [0.5, 0.6) is 0 Å². The first-order chi connectivity index (χ1) is 11.0. The van der Waals surface area contributed by atoms with Crippen LogP contribution in [0.1, 0.15) is 10.4 Å². The standard InChI is InChI=1S/C16H18IN3O3/c1-2-14(21)18-11-15(22)19-7-9-20(10-8-19)16(23)12-5-3-4-6-13(12)17/h2-6H,1,7-11H2,(H,18,21). The third-order valence-corrected chi connectivity index (χ3v) is 4.56. The summed E-state index contributed by atoms with van der Waals surface area (Å²) in [6.45, 7) is 5.21. The van der Waals surface area contributed by atoms with Gasteiger partial charge in [0.05, 0.1) is 12.1 Å². The van der Waals surface area contributed by atoms with E-state index < -0.39 is 0 Å². The van der Waals surface area contributed by atoms with Crippen LogP contribution < -0.4 is 5.32 Å². The van der Waals surface area contributed by atoms with Gasteiger partial charge in [0.2, 0.25) is 11.8 Å². The molecule has 3 amide bonds. The van der Waals surface area contributed by atoms with Crippen LogP contribution >= 0.6 is 22.6 Å². The first-order valence-electron chi connectivity index (χ1n) is 7.24. The van der Waals surface area contributed by atoms with E-state index >= 15 is 0 Å². The lowest BCUT2D eigenvalue weighted by Crippen LogP contribution is -2.52. The van der Waals surface area contributed by atoms with Crippen LogP contribution in [0, 0.1) is 3.57 Å². The van der Waals surface area contributed by atoms with Crippen LogP contribution in [0.2, 0.25) is 0 Å². The number of hydrogen-bond acceptors (Lipinski definition) is 3. The molecule has 0 saturated carbocycles. The van der Waals surface area contributed by atoms with E-state index in [-0.39, 0.29) is 24.3 Å². The van der Waals surface area contributed by atoms with Crippen molar-refractivity contribution in [3.05, 3.63) is 46.1 Å². The van der Waals surface area contributed by atoms with Gasteiger partial charge in [-0.05, 0) is 40.8 Å². The second-order valence-electron chi connectivity index (χ2n) is 5.07. The Kier molecular flexibility index (Phi) is 6.14. The molecule has 1 fully saturated rings. The van der Waals surface area contributed by atoms with Gasteiger partial charge in [-0.15, -0.1) is 0 Å². The van der Waals surface area contributed by atoms with Gasteiger partial charge in [0.15, 0.2) is 0 Å². The van der Waals surface area contributed by atoms with E-state index in [4.69, 9.17) is 0 Å². The second-order valence-corrected chi connectivity index (χ2v) is 6.24. The van der Waals surface area contributed by atoms with Crippen LogP contribution in [-0.4, -0.2) is 60.2 Å². The van der Waals surface area contributed by atoms with E-state index in [0.29, 0.717) is 31.7 Å². The molecule has 1 aliphatic rings. The quantitative estimate of drug-likeness (QED) is 0.573. The molecule has 0 atom stereocenters. The predicted molar refractivity (Wildman–Crippen MR) is 94.8 cm³/mol. The minimum atomic E-state index is -0.370. The molecule has 0 radical (unpaired) electrons. The highest BCUT2D eigenvalue weighted by Gasteiger charge is 2.25. The van der Waals surface area contributed by atoms with Gasteiger partial charge in [0, 0.05) is 29.7 Å². The van der Waals surface area contributed by atoms with Gasteiger partial charge in [0.1, 0.15) is 0 Å². The maximum atomic E-state index is 12.5. The molecule has 1 saturated heterocycles. The number of benzene rings is 1. The lowest BCUT2D eigenvalue weighted by atomic mass is 10.2. The first kappa shape index (κ1) is 17.5. The molecule has 1 aromatic rings. The van der Waals surface area contributed by atoms with Crippen molar-refractivity contribution in [2.75, 3.05) is 32.7 Å². The van der Waals surface area contributed by atoms with Crippen LogP contribution in [0.15, 0.2) is 36.9 Å². The van der Waals surface area contributed by atoms with E-state index in [1.807, 2.05) is 24.3 Å². The van der Waals surface area contributed by atoms with Crippen molar-refractivity contribution in [3.63, 3.8) is 0 Å². The van der Waals surface area contributed by atoms with Gasteiger partial charge >= 0.3 is 0 Å². The Hall–Kier alpha value is -1.90. The SMILES string of the molecule is C=CC(=O)NCC(=O)N1CCN(C(=O)c2ccccc2I)CC1. The van der Waals surface area contributed by atoms with Crippen molar-refractivity contribution in [2.45, 2.75) is 0 Å². The molecule has 0 spiro atoms. The molecule has 0 aliphatic carbocycles. The summed E-state index contributed by atoms with van der Waals surface area (Å²) < 4.78 is 0.917. The zero-order chi connectivity index (χ0) is 16.8. The number of nitrogens with zero attached hydrogens (tertiary/aromatic N) is 2. The minimum absolute atomic E-state index is 0.0120. The normalized spacial score (nSPS) is 14.3. The molecule has 2 rings (SSSR count). The zero-order valence-corrected chi connectivity index (χ0v) is 14.8. The van der Waals surface area contributed by atoms with Gasteiger partial charge < -0.3 is 15.1 Å². The number of rotatable bonds is 4. The van der Waals surface area contributed by atoms with Crippen LogP contribution in [0.3, 0.4) is 0 Å². The van der Waals surface area contributed by atoms with Crippen LogP contribution in [0.25, 0.3) is 0 Å². The Balaban J connectivity index is 1.87. The number of nitrogens with one attached hydrogen (secondary N) is 1. The number of carbonyl (C=O) groups excluding carboxylic acids is 3. The summed E-state index contributed by atoms with van der Waals surface area (Å²) in [5.41, 5.74) is 0.686. The van der Waals surface area contributed by atoms with Crippen molar-refractivity contribution >= 4 is 40.3 Å². The van der Waals surface area contributed by atoms with Crippen LogP contribution in [0.4, 0.5) is 0 Å². The predicted octanol–water partition coefficient (Wildman–Crippen LogP) is 0.878. The van der Waals surface area contributed by atoms with Gasteiger partial charge in [-0.3, -0.25) is 14.4 Å². The molecule has 6 nitrogen and oxygen atoms in total. The number of piperazine rings is 1. The Labute approximate surface area is 148 Å². The van der Waals surface area contributed by atoms with Gasteiger partial charge in [-0.1, -0.05) is 18.7 Å². The molecular formula is C16H18IN3O3. The molecule has 1 aliphatic heterocycles. The van der Waals surface area contributed by atoms with Crippen molar-refractivity contribution in [3.8, 4) is 0 Å². The van der Waals surface area contributed by atoms with Crippen molar-refractivity contribution in [2.24, 2.45) is 0 Å². The Bertz CT molecular complexity index is 625. The highest BCUT2D eigenvalue weighted by molar-refractivity contribution is 14.1. The molecule has 23 heavy (non-hydrogen) atoms. The Morgan fingerprint density at radius 2 is 1.74 bits per heavy atom. The van der Waals surface area contributed by atoms with E-state index in [9.17, 15) is 14.4 Å². The average Bonchev–Trinajstić information content (AvgIpc) is 2.59. The fourth-order valence-electron chi connectivity index (χ4n) is 2.31. The molecule has 122 valence electrons. The largest absolute Gasteiger partial charge is 0.343 e. The highest BCUT2D eigenvalue weighted by Crippen LogP contribution is 2.15. The van der Waals surface area contributed by atoms with Gasteiger partial charge in [-0.25, -0.2) is 0 Å². The molecule has 1 heterocycles. The zero-order valence-electron chi connectivity index (χ0n) is 12.6. The summed E-state index contributed by atoms with van der Waals surface area (Å²) >= 11 is 2.15. The molecular weight excluding hydrogens is 409 g/mol. The third kappa shape index (κ3) is 4.54. The number of halogens is 1. The van der Waals surface area contributed by atoms with E-state index in [0.717, 1.165) is 9.65 Å². The van der Waals surface area contributed by atoms with E-state index in [1.165, 1.54) is 0 Å². The fourth-order valence-corrected chi connectivity index (χ4v) is 2.93. The summed E-state index contributed by atoms with van der Waals surface area (Å²) in [6, 6.07) is 7.45. The van der Waals surface area contributed by atoms with E-state index in [1.54, 1.807) is 9.80 Å². The van der Waals surface area contributed by atoms with Crippen molar-refractivity contribution in [1.29, 1.82) is 0 Å². The van der Waals surface area contributed by atoms with Crippen molar-refractivity contribution < 1.29 is 14.4 Å². The van der Waals surface area contributed by atoms with Crippen LogP contribution in [-0.2, 0) is 9.59 Å². The lowest BCUT2D eigenvalue weighted by molar-refractivity contribution is -0.133. The van der Waals surface area contributed by atoms with Gasteiger partial charge in [-0.2, -0.15) is 0 Å². The topological polar surface area (TPSA) is 69.7 Å². The average molecular weight is 427 g/mol. The Morgan fingerprint density at radius 3 is 2.35 bits per heavy atom. The fraction of sp³-hybridized carbons (Fsp3) is 0.312. The summed E-state index contributed by atoms with van der Waals surface area (Å²) in [4.78, 5) is 39.0. The summed E-state index contributed by atoms with van der Waals surface area (Å²) in [5.74, 6) is -0.533. The third-order valence-electron chi connectivity index (χ3n) is 3.62. The maximum Gasteiger partial charge on any atom is 0.255 e. The second kappa shape index (κ2) is 8.09. The van der Waals surface area contributed by atoms with E-state index in [2.05, 4.69) is 34.5 Å². The monoisotopic (exact) mass is 427 g/mol. The molecule has 1 aromatic carbocycles. The molecule has 1 N–H and O–H groups in total. The van der Waals surface area contributed by atoms with Gasteiger partial charge in [0.25, 0.3) is 5.91 Å². The Morgan fingerprint density at radius 1 is 1.13 bits per heavy atom. The number of hydrogen-bond donors (Lipinski definition) is 1. The summed E-state index contributed by atoms with van der Waals surface area (Å²) in [7, 11) is 0. The first-order valence-corrected chi connectivity index (χ1v) is 8.32. The van der Waals surface area contributed by atoms with Crippen molar-refractivity contribution in [1.82, 2.24) is 15.1 Å². The lowest BCUT2D eigenvalue weighted by Gasteiger charge is -2.35. The highest BCUT2D eigenvalue weighted by atomic mass is 127. The molecule has 0 bridgehead atoms. The maximum absolute atomic E-state index is 12.5. The smallest absolute Gasteiger partial charge is 0.255 e. The number of carbonyl (C=O) groups is 3. The number of amides is 3.